The topological polar surface area (TPSA) is 81.5 Å². The van der Waals surface area contributed by atoms with Gasteiger partial charge in [-0.3, -0.25) is 14.9 Å². The molecule has 0 aromatic heterocycles. The Hall–Kier alpha value is -2.09. The van der Waals surface area contributed by atoms with Crippen LogP contribution in [0.15, 0.2) is 12.1 Å². The predicted molar refractivity (Wildman–Crippen MR) is 89.8 cm³/mol. The van der Waals surface area contributed by atoms with Crippen LogP contribution in [-0.2, 0) is 4.74 Å². The van der Waals surface area contributed by atoms with E-state index in [-0.39, 0.29) is 17.6 Å². The zero-order valence-electron chi connectivity index (χ0n) is 14.6. The highest BCUT2D eigenvalue weighted by molar-refractivity contribution is 5.95. The Balaban J connectivity index is 1.77. The number of rotatable bonds is 5. The van der Waals surface area contributed by atoms with Crippen LogP contribution in [0.5, 0.6) is 0 Å². The van der Waals surface area contributed by atoms with E-state index in [1.165, 1.54) is 0 Å². The molecule has 0 heterocycles. The average Bonchev–Trinajstić information content (AvgIpc) is 2.62. The van der Waals surface area contributed by atoms with Crippen molar-refractivity contribution in [3.63, 3.8) is 0 Å². The van der Waals surface area contributed by atoms with E-state index in [1.54, 1.807) is 0 Å². The molecule has 1 N–H and O–H groups in total. The van der Waals surface area contributed by atoms with Crippen LogP contribution in [0, 0.1) is 27.2 Å². The SMILES string of the molecule is CCO[C@H]1C[C@H](NC(=O)c2cc(F)c([N+](=O)[O-])cc2F)C12CCCCC2. The number of nitrogens with one attached hydrogen (secondary N) is 1. The first-order chi connectivity index (χ1) is 12.4. The largest absolute Gasteiger partial charge is 0.378 e. The molecule has 0 bridgehead atoms. The molecular weight excluding hydrogens is 346 g/mol. The minimum Gasteiger partial charge on any atom is -0.378 e. The third kappa shape index (κ3) is 3.18. The van der Waals surface area contributed by atoms with E-state index < -0.39 is 33.7 Å². The highest BCUT2D eigenvalue weighted by atomic mass is 19.1. The van der Waals surface area contributed by atoms with Gasteiger partial charge in [0, 0.05) is 18.1 Å². The number of benzene rings is 1. The molecule has 0 radical (unpaired) electrons. The van der Waals surface area contributed by atoms with Crippen LogP contribution in [0.4, 0.5) is 14.5 Å². The van der Waals surface area contributed by atoms with Gasteiger partial charge >= 0.3 is 5.69 Å². The molecule has 0 unspecified atom stereocenters. The van der Waals surface area contributed by atoms with Gasteiger partial charge in [-0.15, -0.1) is 0 Å². The Kier molecular flexibility index (Phi) is 5.22. The molecule has 2 atom stereocenters. The molecule has 6 nitrogen and oxygen atoms in total. The molecule has 3 rings (SSSR count). The Morgan fingerprint density at radius 1 is 1.31 bits per heavy atom. The van der Waals surface area contributed by atoms with Crippen LogP contribution in [0.2, 0.25) is 0 Å². The van der Waals surface area contributed by atoms with E-state index >= 15 is 0 Å². The molecule has 0 aliphatic heterocycles. The van der Waals surface area contributed by atoms with Crippen molar-refractivity contribution in [3.8, 4) is 0 Å². The quantitative estimate of drug-likeness (QED) is 0.634. The number of nitro benzene ring substituents is 1. The fourth-order valence-corrected chi connectivity index (χ4v) is 4.35. The Morgan fingerprint density at radius 3 is 2.62 bits per heavy atom. The number of carbonyl (C=O) groups is 1. The number of ether oxygens (including phenoxy) is 1. The third-order valence-corrected chi connectivity index (χ3v) is 5.72. The van der Waals surface area contributed by atoms with Crippen LogP contribution >= 0.6 is 0 Å². The van der Waals surface area contributed by atoms with Gasteiger partial charge in [0.1, 0.15) is 5.82 Å². The highest BCUT2D eigenvalue weighted by Crippen LogP contribution is 2.53. The van der Waals surface area contributed by atoms with E-state index in [2.05, 4.69) is 5.32 Å². The summed E-state index contributed by atoms with van der Waals surface area (Å²) in [5, 5.41) is 13.5. The molecule has 1 aromatic carbocycles. The smallest absolute Gasteiger partial charge is 0.307 e. The van der Waals surface area contributed by atoms with Crippen LogP contribution in [0.1, 0.15) is 55.8 Å². The number of hydrogen-bond acceptors (Lipinski definition) is 4. The van der Waals surface area contributed by atoms with Gasteiger partial charge in [0.25, 0.3) is 5.91 Å². The maximum atomic E-state index is 14.1. The third-order valence-electron chi connectivity index (χ3n) is 5.72. The summed E-state index contributed by atoms with van der Waals surface area (Å²) >= 11 is 0. The van der Waals surface area contributed by atoms with Crippen molar-refractivity contribution in [3.05, 3.63) is 39.4 Å². The summed E-state index contributed by atoms with van der Waals surface area (Å²) in [5.41, 5.74) is -1.65. The second-order valence-corrected chi connectivity index (χ2v) is 7.04. The minimum atomic E-state index is -1.23. The minimum absolute atomic E-state index is 0.0662. The summed E-state index contributed by atoms with van der Waals surface area (Å²) in [5.74, 6) is -3.08. The fourth-order valence-electron chi connectivity index (χ4n) is 4.35. The van der Waals surface area contributed by atoms with Gasteiger partial charge < -0.3 is 10.1 Å². The maximum absolute atomic E-state index is 14.1. The van der Waals surface area contributed by atoms with Crippen molar-refractivity contribution < 1.29 is 23.2 Å². The first kappa shape index (κ1) is 18.7. The first-order valence-electron chi connectivity index (χ1n) is 8.95. The van der Waals surface area contributed by atoms with Crippen molar-refractivity contribution in [2.45, 2.75) is 57.6 Å². The number of nitrogens with zero attached hydrogens (tertiary/aromatic N) is 1. The summed E-state index contributed by atoms with van der Waals surface area (Å²) < 4.78 is 33.7. The predicted octanol–water partition coefficient (Wildman–Crippen LogP) is 3.73. The second kappa shape index (κ2) is 7.26. The molecule has 142 valence electrons. The summed E-state index contributed by atoms with van der Waals surface area (Å²) in [4.78, 5) is 22.1. The standard InChI is InChI=1S/C18H22F2N2O4/c1-2-26-16-10-15(18(16)6-4-3-5-7-18)21-17(23)11-8-13(20)14(22(24)25)9-12(11)19/h8-9,15-16H,2-7,10H2,1H3,(H,21,23)/t15-,16-/m0/s1. The fraction of sp³-hybridized carbons (Fsp3) is 0.611. The summed E-state index contributed by atoms with van der Waals surface area (Å²) in [6.07, 6.45) is 5.81. The lowest BCUT2D eigenvalue weighted by Crippen LogP contribution is -2.65. The van der Waals surface area contributed by atoms with Gasteiger partial charge in [-0.2, -0.15) is 4.39 Å². The molecule has 26 heavy (non-hydrogen) atoms. The van der Waals surface area contributed by atoms with E-state index in [9.17, 15) is 23.7 Å². The van der Waals surface area contributed by atoms with Crippen LogP contribution in [0.3, 0.4) is 0 Å². The summed E-state index contributed by atoms with van der Waals surface area (Å²) in [6.45, 7) is 2.52. The van der Waals surface area contributed by atoms with E-state index in [4.69, 9.17) is 4.74 Å². The molecule has 2 fully saturated rings. The number of hydrogen-bond donors (Lipinski definition) is 1. The Labute approximate surface area is 150 Å². The van der Waals surface area contributed by atoms with Crippen LogP contribution in [0.25, 0.3) is 0 Å². The van der Waals surface area contributed by atoms with Crippen LogP contribution < -0.4 is 5.32 Å². The van der Waals surface area contributed by atoms with Crippen molar-refractivity contribution in [1.29, 1.82) is 0 Å². The monoisotopic (exact) mass is 368 g/mol. The molecule has 1 spiro atoms. The lowest BCUT2D eigenvalue weighted by atomic mass is 9.55. The lowest BCUT2D eigenvalue weighted by molar-refractivity contribution is -0.387. The van der Waals surface area contributed by atoms with Crippen molar-refractivity contribution in [2.24, 2.45) is 5.41 Å². The van der Waals surface area contributed by atoms with Gasteiger partial charge in [0.2, 0.25) is 5.82 Å². The molecule has 2 saturated carbocycles. The normalized spacial score (nSPS) is 24.1. The van der Waals surface area contributed by atoms with Crippen molar-refractivity contribution in [2.75, 3.05) is 6.61 Å². The van der Waals surface area contributed by atoms with Gasteiger partial charge in [-0.25, -0.2) is 4.39 Å². The Morgan fingerprint density at radius 2 is 2.00 bits per heavy atom. The maximum Gasteiger partial charge on any atom is 0.307 e. The molecule has 0 saturated heterocycles. The molecule has 1 aromatic rings. The van der Waals surface area contributed by atoms with E-state index in [1.807, 2.05) is 6.92 Å². The zero-order chi connectivity index (χ0) is 18.9. The number of carbonyl (C=O) groups excluding carboxylic acids is 1. The molecular formula is C18H22F2N2O4. The van der Waals surface area contributed by atoms with Gasteiger partial charge in [0.05, 0.1) is 22.7 Å². The Bertz CT molecular complexity index is 719. The summed E-state index contributed by atoms with van der Waals surface area (Å²) in [7, 11) is 0. The highest BCUT2D eigenvalue weighted by Gasteiger charge is 2.56. The second-order valence-electron chi connectivity index (χ2n) is 7.04. The van der Waals surface area contributed by atoms with Gasteiger partial charge in [-0.1, -0.05) is 19.3 Å². The van der Waals surface area contributed by atoms with E-state index in [0.29, 0.717) is 25.2 Å². The number of nitro groups is 1. The zero-order valence-corrected chi connectivity index (χ0v) is 14.6. The number of amides is 1. The van der Waals surface area contributed by atoms with Crippen molar-refractivity contribution in [1.82, 2.24) is 5.32 Å². The molecule has 2 aliphatic carbocycles. The summed E-state index contributed by atoms with van der Waals surface area (Å²) in [6, 6.07) is 0.879. The molecule has 2 aliphatic rings. The van der Waals surface area contributed by atoms with Crippen molar-refractivity contribution >= 4 is 11.6 Å². The van der Waals surface area contributed by atoms with E-state index in [0.717, 1.165) is 32.1 Å². The van der Waals surface area contributed by atoms with Gasteiger partial charge in [0.15, 0.2) is 0 Å². The van der Waals surface area contributed by atoms with Gasteiger partial charge in [-0.05, 0) is 32.3 Å². The first-order valence-corrected chi connectivity index (χ1v) is 8.95. The molecule has 1 amide bonds. The average molecular weight is 368 g/mol. The lowest BCUT2D eigenvalue weighted by Gasteiger charge is -2.57. The van der Waals surface area contributed by atoms with Crippen LogP contribution in [-0.4, -0.2) is 29.6 Å². The number of halogens is 2. The molecule has 8 heteroatoms.